The highest BCUT2D eigenvalue weighted by Crippen LogP contribution is 2.25. The van der Waals surface area contributed by atoms with E-state index >= 15 is 0 Å². The summed E-state index contributed by atoms with van der Waals surface area (Å²) in [7, 11) is 0. The number of hydrogen-bond donors (Lipinski definition) is 0. The number of rotatable bonds is 3. The molecule has 4 heteroatoms. The fraction of sp³-hybridized carbons (Fsp3) is 0.235. The van der Waals surface area contributed by atoms with Crippen LogP contribution in [0.2, 0.25) is 0 Å². The molecule has 1 amide bonds. The van der Waals surface area contributed by atoms with Crippen LogP contribution in [0.5, 0.6) is 0 Å². The highest BCUT2D eigenvalue weighted by atomic mass is 79.9. The Bertz CT molecular complexity index is 612. The number of halogens is 1. The maximum Gasteiger partial charge on any atom is 0.249 e. The second-order valence-corrected chi connectivity index (χ2v) is 6.03. The van der Waals surface area contributed by atoms with Crippen LogP contribution in [0.3, 0.4) is 0 Å². The topological polar surface area (TPSA) is 29.5 Å². The van der Waals surface area contributed by atoms with Crippen LogP contribution in [0.4, 0.5) is 0 Å². The third-order valence-corrected chi connectivity index (χ3v) is 4.13. The van der Waals surface area contributed by atoms with Crippen LogP contribution < -0.4 is 0 Å². The van der Waals surface area contributed by atoms with Crippen LogP contribution >= 0.6 is 15.9 Å². The number of carbonyl (C=O) groups excluding carboxylic acids is 1. The Hall–Kier alpha value is -1.65. The number of carbonyl (C=O) groups is 1. The SMILES string of the molecule is O=C1COC(c2ccc(Br)cc2)CN1Cc1ccccc1. The molecule has 0 spiro atoms. The number of ether oxygens (including phenoxy) is 1. The molecule has 0 aliphatic carbocycles. The summed E-state index contributed by atoms with van der Waals surface area (Å²) in [5.41, 5.74) is 2.24. The van der Waals surface area contributed by atoms with Crippen molar-refractivity contribution < 1.29 is 9.53 Å². The number of morpholine rings is 1. The van der Waals surface area contributed by atoms with Gasteiger partial charge in [-0.25, -0.2) is 0 Å². The predicted molar refractivity (Wildman–Crippen MR) is 84.7 cm³/mol. The van der Waals surface area contributed by atoms with Crippen molar-refractivity contribution in [2.45, 2.75) is 12.6 Å². The largest absolute Gasteiger partial charge is 0.362 e. The molecule has 1 aliphatic rings. The summed E-state index contributed by atoms with van der Waals surface area (Å²) in [6.45, 7) is 1.37. The third kappa shape index (κ3) is 3.52. The first-order valence-corrected chi connectivity index (χ1v) is 7.70. The molecule has 1 saturated heterocycles. The van der Waals surface area contributed by atoms with Gasteiger partial charge in [0.15, 0.2) is 0 Å². The lowest BCUT2D eigenvalue weighted by Gasteiger charge is -2.33. The van der Waals surface area contributed by atoms with Crippen molar-refractivity contribution >= 4 is 21.8 Å². The summed E-state index contributed by atoms with van der Waals surface area (Å²) in [6.07, 6.45) is -0.0560. The minimum absolute atomic E-state index is 0.0483. The Labute approximate surface area is 132 Å². The maximum atomic E-state index is 12.0. The maximum absolute atomic E-state index is 12.0. The molecular formula is C17H16BrNO2. The average molecular weight is 346 g/mol. The standard InChI is InChI=1S/C17H16BrNO2/c18-15-8-6-14(7-9-15)16-11-19(17(20)12-21-16)10-13-4-2-1-3-5-13/h1-9,16H,10-12H2. The van der Waals surface area contributed by atoms with Gasteiger partial charge in [0.2, 0.25) is 5.91 Å². The normalized spacial score (nSPS) is 18.8. The van der Waals surface area contributed by atoms with Crippen molar-refractivity contribution in [3.63, 3.8) is 0 Å². The van der Waals surface area contributed by atoms with E-state index in [0.29, 0.717) is 13.1 Å². The molecule has 0 radical (unpaired) electrons. The molecule has 108 valence electrons. The molecule has 0 N–H and O–H groups in total. The Morgan fingerprint density at radius 1 is 1.10 bits per heavy atom. The summed E-state index contributed by atoms with van der Waals surface area (Å²) in [4.78, 5) is 13.9. The highest BCUT2D eigenvalue weighted by molar-refractivity contribution is 9.10. The second-order valence-electron chi connectivity index (χ2n) is 5.11. The van der Waals surface area contributed by atoms with Gasteiger partial charge < -0.3 is 9.64 Å². The zero-order valence-electron chi connectivity index (χ0n) is 11.5. The van der Waals surface area contributed by atoms with Crippen LogP contribution in [0, 0.1) is 0 Å². The molecule has 1 aliphatic heterocycles. The minimum Gasteiger partial charge on any atom is -0.362 e. The van der Waals surface area contributed by atoms with Crippen LogP contribution in [-0.2, 0) is 16.1 Å². The van der Waals surface area contributed by atoms with E-state index in [9.17, 15) is 4.79 Å². The van der Waals surface area contributed by atoms with Gasteiger partial charge in [-0.1, -0.05) is 58.4 Å². The van der Waals surface area contributed by atoms with E-state index in [2.05, 4.69) is 15.9 Å². The third-order valence-electron chi connectivity index (χ3n) is 3.60. The summed E-state index contributed by atoms with van der Waals surface area (Å²) >= 11 is 3.43. The molecule has 1 heterocycles. The first kappa shape index (κ1) is 14.3. The van der Waals surface area contributed by atoms with E-state index < -0.39 is 0 Å². The van der Waals surface area contributed by atoms with Crippen molar-refractivity contribution in [1.82, 2.24) is 4.90 Å². The van der Waals surface area contributed by atoms with E-state index in [1.165, 1.54) is 0 Å². The van der Waals surface area contributed by atoms with E-state index in [-0.39, 0.29) is 18.6 Å². The Morgan fingerprint density at radius 3 is 2.52 bits per heavy atom. The summed E-state index contributed by atoms with van der Waals surface area (Å²) in [5, 5.41) is 0. The van der Waals surface area contributed by atoms with Gasteiger partial charge in [0, 0.05) is 11.0 Å². The first-order valence-electron chi connectivity index (χ1n) is 6.91. The number of amides is 1. The summed E-state index contributed by atoms with van der Waals surface area (Å²) in [5.74, 6) is 0.0483. The van der Waals surface area contributed by atoms with Crippen LogP contribution in [0.1, 0.15) is 17.2 Å². The van der Waals surface area contributed by atoms with Crippen LogP contribution in [0.25, 0.3) is 0 Å². The van der Waals surface area contributed by atoms with E-state index in [0.717, 1.165) is 15.6 Å². The molecule has 21 heavy (non-hydrogen) atoms. The van der Waals surface area contributed by atoms with Crippen LogP contribution in [-0.4, -0.2) is 24.0 Å². The van der Waals surface area contributed by atoms with Crippen molar-refractivity contribution in [3.05, 3.63) is 70.2 Å². The number of nitrogens with zero attached hydrogens (tertiary/aromatic N) is 1. The van der Waals surface area contributed by atoms with E-state index in [1.807, 2.05) is 59.5 Å². The molecule has 0 aromatic heterocycles. The summed E-state index contributed by atoms with van der Waals surface area (Å²) < 4.78 is 6.72. The molecular weight excluding hydrogens is 330 g/mol. The van der Waals surface area contributed by atoms with E-state index in [4.69, 9.17) is 4.74 Å². The first-order chi connectivity index (χ1) is 10.2. The van der Waals surface area contributed by atoms with Crippen molar-refractivity contribution in [2.75, 3.05) is 13.2 Å². The fourth-order valence-electron chi connectivity index (χ4n) is 2.45. The van der Waals surface area contributed by atoms with Gasteiger partial charge in [-0.05, 0) is 23.3 Å². The monoisotopic (exact) mass is 345 g/mol. The molecule has 3 rings (SSSR count). The molecule has 2 aromatic rings. The highest BCUT2D eigenvalue weighted by Gasteiger charge is 2.27. The van der Waals surface area contributed by atoms with E-state index in [1.54, 1.807) is 0 Å². The summed E-state index contributed by atoms with van der Waals surface area (Å²) in [6, 6.07) is 18.1. The van der Waals surface area contributed by atoms with Crippen LogP contribution in [0.15, 0.2) is 59.1 Å². The van der Waals surface area contributed by atoms with Gasteiger partial charge in [0.25, 0.3) is 0 Å². The van der Waals surface area contributed by atoms with Crippen molar-refractivity contribution in [3.8, 4) is 0 Å². The van der Waals surface area contributed by atoms with Gasteiger partial charge in [0.05, 0.1) is 6.54 Å². The quantitative estimate of drug-likeness (QED) is 0.851. The second kappa shape index (κ2) is 6.41. The lowest BCUT2D eigenvalue weighted by molar-refractivity contribution is -0.150. The number of hydrogen-bond acceptors (Lipinski definition) is 2. The van der Waals surface area contributed by atoms with Gasteiger partial charge in [-0.3, -0.25) is 4.79 Å². The lowest BCUT2D eigenvalue weighted by Crippen LogP contribution is -2.42. The fourth-order valence-corrected chi connectivity index (χ4v) is 2.72. The molecule has 0 saturated carbocycles. The van der Waals surface area contributed by atoms with Crippen molar-refractivity contribution in [2.24, 2.45) is 0 Å². The predicted octanol–water partition coefficient (Wildman–Crippen LogP) is 3.55. The van der Waals surface area contributed by atoms with Crippen molar-refractivity contribution in [1.29, 1.82) is 0 Å². The zero-order valence-corrected chi connectivity index (χ0v) is 13.1. The Morgan fingerprint density at radius 2 is 1.81 bits per heavy atom. The molecule has 2 aromatic carbocycles. The molecule has 1 fully saturated rings. The molecule has 1 atom stereocenters. The van der Waals surface area contributed by atoms with Gasteiger partial charge >= 0.3 is 0 Å². The minimum atomic E-state index is -0.0560. The van der Waals surface area contributed by atoms with Gasteiger partial charge in [-0.15, -0.1) is 0 Å². The average Bonchev–Trinajstić information content (AvgIpc) is 2.51. The smallest absolute Gasteiger partial charge is 0.249 e. The number of benzene rings is 2. The molecule has 3 nitrogen and oxygen atoms in total. The Kier molecular flexibility index (Phi) is 4.36. The Balaban J connectivity index is 1.72. The van der Waals surface area contributed by atoms with Gasteiger partial charge in [-0.2, -0.15) is 0 Å². The zero-order chi connectivity index (χ0) is 14.7. The van der Waals surface area contributed by atoms with Gasteiger partial charge in [0.1, 0.15) is 12.7 Å². The molecule has 0 bridgehead atoms. The molecule has 1 unspecified atom stereocenters. The lowest BCUT2D eigenvalue weighted by atomic mass is 10.1.